The van der Waals surface area contributed by atoms with Gasteiger partial charge in [-0.15, -0.1) is 0 Å². The van der Waals surface area contributed by atoms with Crippen LogP contribution in [0.4, 0.5) is 10.1 Å². The van der Waals surface area contributed by atoms with Crippen molar-refractivity contribution in [1.82, 2.24) is 4.31 Å². The van der Waals surface area contributed by atoms with Crippen LogP contribution in [0.5, 0.6) is 0 Å². The number of nitrogens with zero attached hydrogens (tertiary/aromatic N) is 1. The quantitative estimate of drug-likeness (QED) is 0.815. The number of hydrogen-bond acceptors (Lipinski definition) is 3. The number of rotatable bonds is 4. The molecule has 1 aromatic rings. The zero-order valence-corrected chi connectivity index (χ0v) is 14.4. The predicted molar refractivity (Wildman–Crippen MR) is 85.0 cm³/mol. The fourth-order valence-electron chi connectivity index (χ4n) is 2.81. The number of hydrogen-bond donors (Lipinski definition) is 1. The van der Waals surface area contributed by atoms with Crippen LogP contribution in [0.1, 0.15) is 39.0 Å². The maximum absolute atomic E-state index is 13.5. The van der Waals surface area contributed by atoms with Crippen LogP contribution in [-0.4, -0.2) is 25.3 Å². The van der Waals surface area contributed by atoms with Gasteiger partial charge < -0.3 is 5.73 Å². The Morgan fingerprint density at radius 1 is 1.43 bits per heavy atom. The minimum absolute atomic E-state index is 0.0111. The first-order valence-corrected chi connectivity index (χ1v) is 9.37. The van der Waals surface area contributed by atoms with Crippen LogP contribution in [-0.2, 0) is 10.0 Å². The monoisotopic (exact) mass is 378 g/mol. The molecule has 2 rings (SSSR count). The Balaban J connectivity index is 2.43. The SMILES string of the molecule is CCCC1CCCCN1S(=O)(=O)c1cc(Br)c(F)cc1N. The number of nitrogens with two attached hydrogens (primary N) is 1. The maximum Gasteiger partial charge on any atom is 0.245 e. The van der Waals surface area contributed by atoms with E-state index in [1.54, 1.807) is 0 Å². The third-order valence-corrected chi connectivity index (χ3v) is 6.45. The Hall–Kier alpha value is -0.660. The fourth-order valence-corrected chi connectivity index (χ4v) is 5.15. The molecular formula is C14H20BrFN2O2S. The lowest BCUT2D eigenvalue weighted by molar-refractivity contribution is 0.239. The number of benzene rings is 1. The first-order valence-electron chi connectivity index (χ1n) is 7.14. The van der Waals surface area contributed by atoms with Crippen molar-refractivity contribution < 1.29 is 12.8 Å². The highest BCUT2D eigenvalue weighted by atomic mass is 79.9. The van der Waals surface area contributed by atoms with Gasteiger partial charge in [0.25, 0.3) is 0 Å². The van der Waals surface area contributed by atoms with Gasteiger partial charge in [-0.2, -0.15) is 4.31 Å². The largest absolute Gasteiger partial charge is 0.398 e. The molecule has 2 N–H and O–H groups in total. The normalized spacial score (nSPS) is 20.6. The lowest BCUT2D eigenvalue weighted by Gasteiger charge is -2.34. The first-order chi connectivity index (χ1) is 9.87. The van der Waals surface area contributed by atoms with Crippen LogP contribution in [0.15, 0.2) is 21.5 Å². The van der Waals surface area contributed by atoms with Crippen molar-refractivity contribution in [3.05, 3.63) is 22.4 Å². The molecule has 21 heavy (non-hydrogen) atoms. The van der Waals surface area contributed by atoms with Crippen molar-refractivity contribution in [2.24, 2.45) is 0 Å². The van der Waals surface area contributed by atoms with Crippen LogP contribution in [0.2, 0.25) is 0 Å². The average Bonchev–Trinajstić information content (AvgIpc) is 2.43. The van der Waals surface area contributed by atoms with E-state index >= 15 is 0 Å². The summed E-state index contributed by atoms with van der Waals surface area (Å²) < 4.78 is 40.8. The van der Waals surface area contributed by atoms with Crippen LogP contribution < -0.4 is 5.73 Å². The van der Waals surface area contributed by atoms with Gasteiger partial charge in [-0.25, -0.2) is 12.8 Å². The summed E-state index contributed by atoms with van der Waals surface area (Å²) >= 11 is 3.03. The second-order valence-corrected chi connectivity index (χ2v) is 8.07. The Bertz CT molecular complexity index is 620. The number of piperidine rings is 1. The molecular weight excluding hydrogens is 359 g/mol. The molecule has 1 fully saturated rings. The predicted octanol–water partition coefficient (Wildman–Crippen LogP) is 3.51. The average molecular weight is 379 g/mol. The fraction of sp³-hybridized carbons (Fsp3) is 0.571. The third kappa shape index (κ3) is 3.40. The van der Waals surface area contributed by atoms with Crippen molar-refractivity contribution in [2.45, 2.75) is 50.0 Å². The molecule has 1 aliphatic rings. The molecule has 1 aliphatic heterocycles. The molecule has 0 bridgehead atoms. The number of anilines is 1. The third-order valence-electron chi connectivity index (χ3n) is 3.83. The first kappa shape index (κ1) is 16.7. The minimum Gasteiger partial charge on any atom is -0.398 e. The van der Waals surface area contributed by atoms with E-state index in [4.69, 9.17) is 5.73 Å². The molecule has 1 aromatic carbocycles. The van der Waals surface area contributed by atoms with E-state index in [9.17, 15) is 12.8 Å². The molecule has 1 heterocycles. The molecule has 0 aromatic heterocycles. The van der Waals surface area contributed by atoms with Crippen LogP contribution in [0, 0.1) is 5.82 Å². The van der Waals surface area contributed by atoms with Crippen LogP contribution in [0.3, 0.4) is 0 Å². The summed E-state index contributed by atoms with van der Waals surface area (Å²) in [5.74, 6) is -0.560. The van der Waals surface area contributed by atoms with Gasteiger partial charge in [-0.05, 0) is 47.3 Å². The standard InChI is InChI=1S/C14H20BrFN2O2S/c1-2-5-10-6-3-4-7-18(10)21(19,20)14-8-11(15)12(16)9-13(14)17/h8-10H,2-7,17H2,1H3. The van der Waals surface area contributed by atoms with E-state index in [1.807, 2.05) is 6.92 Å². The van der Waals surface area contributed by atoms with Crippen molar-refractivity contribution in [1.29, 1.82) is 0 Å². The topological polar surface area (TPSA) is 63.4 Å². The summed E-state index contributed by atoms with van der Waals surface area (Å²) in [6.07, 6.45) is 4.52. The summed E-state index contributed by atoms with van der Waals surface area (Å²) in [5, 5.41) is 0. The van der Waals surface area contributed by atoms with Gasteiger partial charge >= 0.3 is 0 Å². The summed E-state index contributed by atoms with van der Waals surface area (Å²) in [5.41, 5.74) is 5.69. The highest BCUT2D eigenvalue weighted by molar-refractivity contribution is 9.10. The molecule has 0 spiro atoms. The molecule has 4 nitrogen and oxygen atoms in total. The van der Waals surface area contributed by atoms with E-state index in [0.29, 0.717) is 6.54 Å². The molecule has 1 saturated heterocycles. The summed E-state index contributed by atoms with van der Waals surface area (Å²) in [7, 11) is -3.69. The van der Waals surface area contributed by atoms with Crippen LogP contribution in [0.25, 0.3) is 0 Å². The van der Waals surface area contributed by atoms with E-state index < -0.39 is 15.8 Å². The lowest BCUT2D eigenvalue weighted by atomic mass is 10.0. The van der Waals surface area contributed by atoms with E-state index in [1.165, 1.54) is 10.4 Å². The lowest BCUT2D eigenvalue weighted by Crippen LogP contribution is -2.43. The number of halogens is 2. The van der Waals surface area contributed by atoms with E-state index in [-0.39, 0.29) is 21.1 Å². The Labute approximate surface area is 133 Å². The smallest absolute Gasteiger partial charge is 0.245 e. The molecule has 118 valence electrons. The molecule has 0 saturated carbocycles. The number of sulfonamides is 1. The van der Waals surface area contributed by atoms with Crippen molar-refractivity contribution >= 4 is 31.6 Å². The highest BCUT2D eigenvalue weighted by Gasteiger charge is 2.34. The zero-order valence-electron chi connectivity index (χ0n) is 12.0. The van der Waals surface area contributed by atoms with Crippen LogP contribution >= 0.6 is 15.9 Å². The van der Waals surface area contributed by atoms with Crippen molar-refractivity contribution in [2.75, 3.05) is 12.3 Å². The second-order valence-electron chi connectivity index (χ2n) is 5.36. The van der Waals surface area contributed by atoms with Gasteiger partial charge in [-0.3, -0.25) is 0 Å². The minimum atomic E-state index is -3.69. The molecule has 0 amide bonds. The molecule has 0 radical (unpaired) electrons. The van der Waals surface area contributed by atoms with Gasteiger partial charge in [0.15, 0.2) is 0 Å². The second kappa shape index (κ2) is 6.62. The van der Waals surface area contributed by atoms with Gasteiger partial charge in [-0.1, -0.05) is 19.8 Å². The van der Waals surface area contributed by atoms with Gasteiger partial charge in [0.05, 0.1) is 10.2 Å². The Morgan fingerprint density at radius 2 is 2.14 bits per heavy atom. The van der Waals surface area contributed by atoms with Gasteiger partial charge in [0.2, 0.25) is 10.0 Å². The van der Waals surface area contributed by atoms with E-state index in [0.717, 1.165) is 38.2 Å². The Kier molecular flexibility index (Phi) is 5.27. The molecule has 1 unspecified atom stereocenters. The van der Waals surface area contributed by atoms with Gasteiger partial charge in [0.1, 0.15) is 10.7 Å². The molecule has 1 atom stereocenters. The summed E-state index contributed by atoms with van der Waals surface area (Å²) in [4.78, 5) is -0.0150. The van der Waals surface area contributed by atoms with Crippen molar-refractivity contribution in [3.63, 3.8) is 0 Å². The molecule has 7 heteroatoms. The Morgan fingerprint density at radius 3 is 2.81 bits per heavy atom. The van der Waals surface area contributed by atoms with Gasteiger partial charge in [0, 0.05) is 12.6 Å². The van der Waals surface area contributed by atoms with E-state index in [2.05, 4.69) is 15.9 Å². The summed E-state index contributed by atoms with van der Waals surface area (Å²) in [6, 6.07) is 2.32. The molecule has 0 aliphatic carbocycles. The summed E-state index contributed by atoms with van der Waals surface area (Å²) in [6.45, 7) is 2.55. The highest BCUT2D eigenvalue weighted by Crippen LogP contribution is 2.32. The zero-order chi connectivity index (χ0) is 15.6. The van der Waals surface area contributed by atoms with Crippen molar-refractivity contribution in [3.8, 4) is 0 Å². The maximum atomic E-state index is 13.5. The number of nitrogen functional groups attached to an aromatic ring is 1.